The third kappa shape index (κ3) is 2.64. The van der Waals surface area contributed by atoms with Gasteiger partial charge < -0.3 is 24.7 Å². The number of non-ortho nitro benzene ring substituents is 1. The van der Waals surface area contributed by atoms with E-state index >= 15 is 0 Å². The van der Waals surface area contributed by atoms with Crippen LogP contribution in [0.3, 0.4) is 0 Å². The van der Waals surface area contributed by atoms with Crippen LogP contribution in [0.2, 0.25) is 0 Å². The first-order valence-electron chi connectivity index (χ1n) is 9.72. The quantitative estimate of drug-likeness (QED) is 0.588. The summed E-state index contributed by atoms with van der Waals surface area (Å²) < 4.78 is 6.45. The summed E-state index contributed by atoms with van der Waals surface area (Å²) in [6, 6.07) is 8.62. The van der Waals surface area contributed by atoms with Gasteiger partial charge in [0.05, 0.1) is 23.0 Å². The molecule has 30 heavy (non-hydrogen) atoms. The Morgan fingerprint density at radius 1 is 1.23 bits per heavy atom. The van der Waals surface area contributed by atoms with Crippen LogP contribution >= 0.6 is 0 Å². The molecule has 1 atom stereocenters. The number of aliphatic hydroxyl groups excluding tert-OH is 1. The number of nitrogens with zero attached hydrogens (tertiary/aromatic N) is 3. The smallest absolute Gasteiger partial charge is 0.274 e. The fraction of sp³-hybridized carbons (Fsp3) is 0.364. The Morgan fingerprint density at radius 3 is 2.60 bits per heavy atom. The maximum absolute atomic E-state index is 11.2. The van der Waals surface area contributed by atoms with Gasteiger partial charge in [0.25, 0.3) is 5.69 Å². The lowest BCUT2D eigenvalue weighted by Crippen LogP contribution is -2.60. The largest absolute Gasteiger partial charge is 0.504 e. The first kappa shape index (κ1) is 20.0. The van der Waals surface area contributed by atoms with Crippen molar-refractivity contribution in [2.24, 2.45) is 0 Å². The molecule has 0 saturated heterocycles. The van der Waals surface area contributed by atoms with Crippen LogP contribution in [0, 0.1) is 10.1 Å². The van der Waals surface area contributed by atoms with Crippen molar-refractivity contribution >= 4 is 23.1 Å². The van der Waals surface area contributed by atoms with Gasteiger partial charge in [-0.1, -0.05) is 0 Å². The summed E-state index contributed by atoms with van der Waals surface area (Å²) >= 11 is 0. The Balaban J connectivity index is 1.89. The van der Waals surface area contributed by atoms with E-state index in [2.05, 4.69) is 19.9 Å². The van der Waals surface area contributed by atoms with Crippen molar-refractivity contribution in [2.45, 2.75) is 25.0 Å². The summed E-state index contributed by atoms with van der Waals surface area (Å²) in [5, 5.41) is 31.4. The molecule has 0 bridgehead atoms. The Kier molecular flexibility index (Phi) is 4.43. The van der Waals surface area contributed by atoms with Crippen LogP contribution < -0.4 is 14.5 Å². The van der Waals surface area contributed by atoms with Crippen LogP contribution in [0.15, 0.2) is 36.4 Å². The average Bonchev–Trinajstić information content (AvgIpc) is 2.87. The average molecular weight is 411 g/mol. The van der Waals surface area contributed by atoms with Crippen LogP contribution in [0.4, 0.5) is 17.1 Å². The van der Waals surface area contributed by atoms with Gasteiger partial charge in [0.1, 0.15) is 0 Å². The highest BCUT2D eigenvalue weighted by atomic mass is 16.6. The Hall–Kier alpha value is -3.26. The molecule has 0 aliphatic carbocycles. The van der Waals surface area contributed by atoms with E-state index in [1.54, 1.807) is 6.08 Å². The molecule has 2 aliphatic rings. The van der Waals surface area contributed by atoms with Crippen LogP contribution in [0.25, 0.3) is 6.08 Å². The number of phenols is 1. The second-order valence-electron chi connectivity index (χ2n) is 8.37. The van der Waals surface area contributed by atoms with Gasteiger partial charge in [-0.2, -0.15) is 0 Å². The van der Waals surface area contributed by atoms with Gasteiger partial charge in [0.15, 0.2) is 11.5 Å². The SMILES string of the molecule is CN(C)c1ccc2c(c1)C(C)(C)C1(C=Cc3cc([N+](=O)[O-])cc(O)c3O1)N2CCO. The maximum Gasteiger partial charge on any atom is 0.274 e. The number of β-amino-alcohol motifs (C(OH)–C–C–N with tert-alkyl or cyclic N) is 1. The number of nitro groups is 1. The zero-order chi connectivity index (χ0) is 21.8. The molecule has 2 N–H and O–H groups in total. The number of hydrogen-bond donors (Lipinski definition) is 2. The molecule has 2 aliphatic heterocycles. The van der Waals surface area contributed by atoms with Gasteiger partial charge in [-0.3, -0.25) is 10.1 Å². The maximum atomic E-state index is 11.2. The number of hydrogen-bond acceptors (Lipinski definition) is 7. The normalized spacial score (nSPS) is 20.6. The molecule has 158 valence electrons. The molecule has 8 nitrogen and oxygen atoms in total. The van der Waals surface area contributed by atoms with Crippen molar-refractivity contribution in [3.63, 3.8) is 0 Å². The van der Waals surface area contributed by atoms with E-state index < -0.39 is 16.1 Å². The van der Waals surface area contributed by atoms with E-state index in [1.165, 1.54) is 6.07 Å². The number of aliphatic hydroxyl groups is 1. The highest BCUT2D eigenvalue weighted by Gasteiger charge is 2.59. The fourth-order valence-electron chi connectivity index (χ4n) is 4.47. The summed E-state index contributed by atoms with van der Waals surface area (Å²) in [5.74, 6) is -0.0904. The summed E-state index contributed by atoms with van der Waals surface area (Å²) in [5.41, 5.74) is 1.71. The molecule has 0 saturated carbocycles. The van der Waals surface area contributed by atoms with Gasteiger partial charge in [-0.25, -0.2) is 0 Å². The summed E-state index contributed by atoms with van der Waals surface area (Å²) in [6.07, 6.45) is 3.61. The van der Waals surface area contributed by atoms with E-state index in [0.717, 1.165) is 23.0 Å². The topological polar surface area (TPSA) is 99.3 Å². The van der Waals surface area contributed by atoms with Crippen molar-refractivity contribution in [3.05, 3.63) is 57.6 Å². The summed E-state index contributed by atoms with van der Waals surface area (Å²) in [4.78, 5) is 14.6. The monoisotopic (exact) mass is 411 g/mol. The van der Waals surface area contributed by atoms with E-state index in [4.69, 9.17) is 4.74 Å². The lowest BCUT2D eigenvalue weighted by Gasteiger charge is -2.47. The standard InChI is InChI=1S/C22H25N3O5/c1-21(2)17-12-15(23(3)4)5-6-18(17)24(9-10-26)22(21)8-7-14-11-16(25(28)29)13-19(27)20(14)30-22/h5-8,11-13,26-27H,9-10H2,1-4H3. The summed E-state index contributed by atoms with van der Waals surface area (Å²) in [6.45, 7) is 4.36. The van der Waals surface area contributed by atoms with Crippen molar-refractivity contribution in [3.8, 4) is 11.5 Å². The van der Waals surface area contributed by atoms with Crippen LogP contribution in [0.5, 0.6) is 11.5 Å². The molecule has 2 heterocycles. The van der Waals surface area contributed by atoms with Crippen molar-refractivity contribution in [1.29, 1.82) is 0 Å². The number of phenolic OH excluding ortho intramolecular Hbond substituents is 1. The number of benzene rings is 2. The minimum Gasteiger partial charge on any atom is -0.504 e. The zero-order valence-electron chi connectivity index (χ0n) is 17.4. The number of ether oxygens (including phenoxy) is 1. The number of anilines is 2. The van der Waals surface area contributed by atoms with Crippen molar-refractivity contribution < 1.29 is 19.9 Å². The molecular formula is C22H25N3O5. The number of nitro benzene ring substituents is 1. The molecule has 0 fully saturated rings. The molecule has 0 aromatic heterocycles. The van der Waals surface area contributed by atoms with Crippen LogP contribution in [0.1, 0.15) is 25.0 Å². The lowest BCUT2D eigenvalue weighted by atomic mass is 9.76. The Bertz CT molecular complexity index is 1060. The number of rotatable bonds is 4. The molecule has 8 heteroatoms. The third-order valence-corrected chi connectivity index (χ3v) is 6.12. The van der Waals surface area contributed by atoms with Gasteiger partial charge >= 0.3 is 0 Å². The van der Waals surface area contributed by atoms with E-state index in [-0.39, 0.29) is 23.8 Å². The molecule has 4 rings (SSSR count). The van der Waals surface area contributed by atoms with E-state index in [0.29, 0.717) is 12.1 Å². The second-order valence-corrected chi connectivity index (χ2v) is 8.37. The second kappa shape index (κ2) is 6.63. The highest BCUT2D eigenvalue weighted by molar-refractivity contribution is 5.76. The minimum absolute atomic E-state index is 0.0804. The molecule has 2 aromatic rings. The first-order chi connectivity index (χ1) is 14.1. The van der Waals surface area contributed by atoms with Gasteiger partial charge in [-0.05, 0) is 49.8 Å². The zero-order valence-corrected chi connectivity index (χ0v) is 17.4. The minimum atomic E-state index is -1.01. The fourth-order valence-corrected chi connectivity index (χ4v) is 4.47. The van der Waals surface area contributed by atoms with Crippen molar-refractivity contribution in [2.75, 3.05) is 37.0 Å². The lowest BCUT2D eigenvalue weighted by molar-refractivity contribution is -0.385. The van der Waals surface area contributed by atoms with Crippen LogP contribution in [-0.4, -0.2) is 48.1 Å². The molecule has 0 radical (unpaired) electrons. The van der Waals surface area contributed by atoms with E-state index in [9.17, 15) is 20.3 Å². The van der Waals surface area contributed by atoms with Gasteiger partial charge in [0.2, 0.25) is 5.72 Å². The molecule has 0 amide bonds. The van der Waals surface area contributed by atoms with Crippen LogP contribution in [-0.2, 0) is 5.41 Å². The molecule has 1 spiro atoms. The predicted octanol–water partition coefficient (Wildman–Crippen LogP) is 3.26. The summed E-state index contributed by atoms with van der Waals surface area (Å²) in [7, 11) is 3.95. The number of fused-ring (bicyclic) bond motifs is 2. The highest BCUT2D eigenvalue weighted by Crippen LogP contribution is 2.56. The Morgan fingerprint density at radius 2 is 1.97 bits per heavy atom. The number of aromatic hydroxyl groups is 1. The van der Waals surface area contributed by atoms with E-state index in [1.807, 2.05) is 42.1 Å². The third-order valence-electron chi connectivity index (χ3n) is 6.12. The van der Waals surface area contributed by atoms with Gasteiger partial charge in [0, 0.05) is 43.6 Å². The molecular weight excluding hydrogens is 386 g/mol. The molecule has 2 aromatic carbocycles. The van der Waals surface area contributed by atoms with Crippen molar-refractivity contribution in [1.82, 2.24) is 0 Å². The molecule has 1 unspecified atom stereocenters. The first-order valence-corrected chi connectivity index (χ1v) is 9.72. The van der Waals surface area contributed by atoms with Gasteiger partial charge in [-0.15, -0.1) is 0 Å². The Labute approximate surface area is 174 Å². The predicted molar refractivity (Wildman–Crippen MR) is 115 cm³/mol.